The Labute approximate surface area is 153 Å². The van der Waals surface area contributed by atoms with E-state index in [1.165, 1.54) is 55.5 Å². The molecule has 0 aromatic heterocycles. The molecule has 1 atom stereocenters. The Morgan fingerprint density at radius 1 is 1.11 bits per heavy atom. The number of esters is 1. The van der Waals surface area contributed by atoms with Gasteiger partial charge in [0, 0.05) is 11.8 Å². The van der Waals surface area contributed by atoms with E-state index >= 15 is 0 Å². The molecule has 8 heteroatoms. The Morgan fingerprint density at radius 2 is 1.81 bits per heavy atom. The first-order valence-electron chi connectivity index (χ1n) is 7.83. The Hall–Kier alpha value is -3.29. The summed E-state index contributed by atoms with van der Waals surface area (Å²) in [5.74, 6) is -1.90. The van der Waals surface area contributed by atoms with Gasteiger partial charge < -0.3 is 14.8 Å². The van der Waals surface area contributed by atoms with Gasteiger partial charge in [0.05, 0.1) is 0 Å². The van der Waals surface area contributed by atoms with Crippen LogP contribution in [-0.2, 0) is 14.3 Å². The molecule has 0 fully saturated rings. The number of hydrogen-bond donors (Lipinski definition) is 1. The quantitative estimate of drug-likeness (QED) is 0.583. The van der Waals surface area contributed by atoms with Crippen molar-refractivity contribution in [1.82, 2.24) is 0 Å². The normalized spacial score (nSPS) is 12.0. The summed E-state index contributed by atoms with van der Waals surface area (Å²) in [5, 5.41) is 2.43. The molecule has 0 aliphatic carbocycles. The lowest BCUT2D eigenvalue weighted by molar-refractivity contribution is -0.148. The molecule has 0 bridgehead atoms. The highest BCUT2D eigenvalue weighted by Crippen LogP contribution is 2.16. The minimum atomic E-state index is -2.92. The second-order valence-corrected chi connectivity index (χ2v) is 5.36. The van der Waals surface area contributed by atoms with Gasteiger partial charge >= 0.3 is 12.6 Å². The van der Waals surface area contributed by atoms with E-state index in [2.05, 4.69) is 10.1 Å². The summed E-state index contributed by atoms with van der Waals surface area (Å²) in [5.41, 5.74) is 0.787. The van der Waals surface area contributed by atoms with Crippen LogP contribution in [0.3, 0.4) is 0 Å². The molecule has 0 spiro atoms. The Balaban J connectivity index is 1.86. The predicted molar refractivity (Wildman–Crippen MR) is 92.7 cm³/mol. The van der Waals surface area contributed by atoms with E-state index in [0.717, 1.165) is 12.1 Å². The van der Waals surface area contributed by atoms with Crippen molar-refractivity contribution in [3.05, 3.63) is 66.0 Å². The highest BCUT2D eigenvalue weighted by atomic mass is 19.3. The molecule has 0 aliphatic rings. The molecule has 0 heterocycles. The highest BCUT2D eigenvalue weighted by Gasteiger charge is 2.16. The molecule has 1 amide bonds. The number of hydrogen-bond acceptors (Lipinski definition) is 4. The predicted octanol–water partition coefficient (Wildman–Crippen LogP) is 4.01. The van der Waals surface area contributed by atoms with Crippen molar-refractivity contribution in [1.29, 1.82) is 0 Å². The van der Waals surface area contributed by atoms with Gasteiger partial charge in [0.1, 0.15) is 11.6 Å². The highest BCUT2D eigenvalue weighted by molar-refractivity contribution is 5.96. The molecule has 0 aliphatic heterocycles. The average molecular weight is 379 g/mol. The monoisotopic (exact) mass is 379 g/mol. The van der Waals surface area contributed by atoms with Crippen molar-refractivity contribution in [3.8, 4) is 5.75 Å². The van der Waals surface area contributed by atoms with Crippen LogP contribution in [0.4, 0.5) is 18.9 Å². The number of halogens is 3. The van der Waals surface area contributed by atoms with Crippen LogP contribution in [0, 0.1) is 5.82 Å². The fourth-order valence-corrected chi connectivity index (χ4v) is 2.00. The van der Waals surface area contributed by atoms with Crippen molar-refractivity contribution in [2.75, 3.05) is 5.32 Å². The van der Waals surface area contributed by atoms with Crippen LogP contribution in [0.1, 0.15) is 12.5 Å². The molecule has 5 nitrogen and oxygen atoms in total. The van der Waals surface area contributed by atoms with E-state index in [1.807, 2.05) is 0 Å². The summed E-state index contributed by atoms with van der Waals surface area (Å²) >= 11 is 0. The summed E-state index contributed by atoms with van der Waals surface area (Å²) < 4.78 is 46.4. The molecular weight excluding hydrogens is 363 g/mol. The fourth-order valence-electron chi connectivity index (χ4n) is 2.00. The molecule has 0 radical (unpaired) electrons. The fraction of sp³-hybridized carbons (Fsp3) is 0.158. The molecule has 142 valence electrons. The summed E-state index contributed by atoms with van der Waals surface area (Å²) in [6.07, 6.45) is 1.38. The third-order valence-corrected chi connectivity index (χ3v) is 3.27. The van der Waals surface area contributed by atoms with Crippen LogP contribution < -0.4 is 10.1 Å². The standard InChI is InChI=1S/C19H16F3NO4/c1-12(18(25)23-15-4-2-3-14(20)11-15)26-17(24)10-7-13-5-8-16(9-6-13)27-19(21)22/h2-12,19H,1H3,(H,23,25)/b10-7+/t12-/m1/s1. The number of amides is 1. The summed E-state index contributed by atoms with van der Waals surface area (Å²) in [4.78, 5) is 23.7. The average Bonchev–Trinajstić information content (AvgIpc) is 2.60. The number of anilines is 1. The lowest BCUT2D eigenvalue weighted by Crippen LogP contribution is -2.29. The van der Waals surface area contributed by atoms with Gasteiger partial charge in [-0.2, -0.15) is 8.78 Å². The molecule has 2 rings (SSSR count). The van der Waals surface area contributed by atoms with E-state index in [-0.39, 0.29) is 11.4 Å². The van der Waals surface area contributed by atoms with Gasteiger partial charge in [-0.15, -0.1) is 0 Å². The maximum Gasteiger partial charge on any atom is 0.387 e. The number of alkyl halides is 2. The van der Waals surface area contributed by atoms with Gasteiger partial charge in [0.2, 0.25) is 0 Å². The van der Waals surface area contributed by atoms with Gasteiger partial charge in [0.25, 0.3) is 5.91 Å². The SMILES string of the molecule is C[C@@H](OC(=O)/C=C/c1ccc(OC(F)F)cc1)C(=O)Nc1cccc(F)c1. The zero-order valence-corrected chi connectivity index (χ0v) is 14.2. The molecule has 0 saturated heterocycles. The van der Waals surface area contributed by atoms with Gasteiger partial charge in [-0.1, -0.05) is 18.2 Å². The lowest BCUT2D eigenvalue weighted by atomic mass is 10.2. The van der Waals surface area contributed by atoms with E-state index < -0.39 is 30.4 Å². The van der Waals surface area contributed by atoms with E-state index in [4.69, 9.17) is 4.74 Å². The van der Waals surface area contributed by atoms with Crippen LogP contribution >= 0.6 is 0 Å². The van der Waals surface area contributed by atoms with E-state index in [0.29, 0.717) is 5.56 Å². The summed E-state index contributed by atoms with van der Waals surface area (Å²) in [6, 6.07) is 10.9. The maximum absolute atomic E-state index is 13.1. The van der Waals surface area contributed by atoms with Gasteiger partial charge in [-0.25, -0.2) is 9.18 Å². The first-order chi connectivity index (χ1) is 12.8. The van der Waals surface area contributed by atoms with Crippen LogP contribution in [0.2, 0.25) is 0 Å². The first-order valence-corrected chi connectivity index (χ1v) is 7.83. The number of carbonyl (C=O) groups excluding carboxylic acids is 2. The van der Waals surface area contributed by atoms with Crippen LogP contribution in [0.15, 0.2) is 54.6 Å². The van der Waals surface area contributed by atoms with E-state index in [1.54, 1.807) is 0 Å². The summed E-state index contributed by atoms with van der Waals surface area (Å²) in [6.45, 7) is -1.54. The van der Waals surface area contributed by atoms with Crippen molar-refractivity contribution >= 4 is 23.6 Å². The number of carbonyl (C=O) groups is 2. The Bertz CT molecular complexity index is 822. The molecular formula is C19H16F3NO4. The smallest absolute Gasteiger partial charge is 0.387 e. The zero-order valence-electron chi connectivity index (χ0n) is 14.2. The summed E-state index contributed by atoms with van der Waals surface area (Å²) in [7, 11) is 0. The molecule has 0 saturated carbocycles. The third kappa shape index (κ3) is 6.85. The minimum absolute atomic E-state index is 0.00707. The number of ether oxygens (including phenoxy) is 2. The molecule has 2 aromatic rings. The van der Waals surface area contributed by atoms with Crippen molar-refractivity contribution < 1.29 is 32.2 Å². The minimum Gasteiger partial charge on any atom is -0.449 e. The third-order valence-electron chi connectivity index (χ3n) is 3.27. The first kappa shape index (κ1) is 20.0. The van der Waals surface area contributed by atoms with Gasteiger partial charge in [-0.3, -0.25) is 4.79 Å². The van der Waals surface area contributed by atoms with Gasteiger partial charge in [0.15, 0.2) is 6.10 Å². The van der Waals surface area contributed by atoms with Crippen molar-refractivity contribution in [2.45, 2.75) is 19.6 Å². The number of rotatable bonds is 7. The zero-order chi connectivity index (χ0) is 19.8. The molecule has 27 heavy (non-hydrogen) atoms. The van der Waals surface area contributed by atoms with Crippen molar-refractivity contribution in [2.24, 2.45) is 0 Å². The number of benzene rings is 2. The van der Waals surface area contributed by atoms with Crippen molar-refractivity contribution in [3.63, 3.8) is 0 Å². The molecule has 2 aromatic carbocycles. The van der Waals surface area contributed by atoms with Crippen LogP contribution in [0.25, 0.3) is 6.08 Å². The van der Waals surface area contributed by atoms with Crippen LogP contribution in [-0.4, -0.2) is 24.6 Å². The van der Waals surface area contributed by atoms with Crippen LogP contribution in [0.5, 0.6) is 5.75 Å². The Kier molecular flexibility index (Phi) is 6.99. The maximum atomic E-state index is 13.1. The lowest BCUT2D eigenvalue weighted by Gasteiger charge is -2.12. The Morgan fingerprint density at radius 3 is 2.44 bits per heavy atom. The largest absolute Gasteiger partial charge is 0.449 e. The van der Waals surface area contributed by atoms with E-state index in [9.17, 15) is 22.8 Å². The van der Waals surface area contributed by atoms with Gasteiger partial charge in [-0.05, 0) is 48.9 Å². The number of nitrogens with one attached hydrogen (secondary N) is 1. The molecule has 0 unspecified atom stereocenters. The molecule has 1 N–H and O–H groups in total. The second-order valence-electron chi connectivity index (χ2n) is 5.36. The topological polar surface area (TPSA) is 64.6 Å². The second kappa shape index (κ2) is 9.42.